The molecule has 0 spiro atoms. The first-order valence-corrected chi connectivity index (χ1v) is 7.37. The first kappa shape index (κ1) is 12.9. The minimum absolute atomic E-state index is 0.603. The Bertz CT molecular complexity index is 439. The lowest BCUT2D eigenvalue weighted by molar-refractivity contribution is -0.127. The molecule has 0 bridgehead atoms. The van der Waals surface area contributed by atoms with Gasteiger partial charge < -0.3 is 15.1 Å². The van der Waals surface area contributed by atoms with E-state index in [9.17, 15) is 10.2 Å². The highest BCUT2D eigenvalue weighted by molar-refractivity contribution is 5.49. The Morgan fingerprint density at radius 2 is 1.89 bits per heavy atom. The summed E-state index contributed by atoms with van der Waals surface area (Å²) in [5.74, 6) is 0. The van der Waals surface area contributed by atoms with Gasteiger partial charge in [-0.05, 0) is 56.7 Å². The van der Waals surface area contributed by atoms with E-state index < -0.39 is 11.7 Å². The van der Waals surface area contributed by atoms with Crippen molar-refractivity contribution in [1.29, 1.82) is 0 Å². The summed E-state index contributed by atoms with van der Waals surface area (Å²) >= 11 is 0. The second-order valence-corrected chi connectivity index (χ2v) is 6.14. The molecule has 1 aliphatic heterocycles. The molecular formula is C16H23NO2. The van der Waals surface area contributed by atoms with Crippen LogP contribution in [-0.4, -0.2) is 28.4 Å². The fourth-order valence-electron chi connectivity index (χ4n) is 3.29. The predicted octanol–water partition coefficient (Wildman–Crippen LogP) is 2.62. The van der Waals surface area contributed by atoms with Gasteiger partial charge in [0.2, 0.25) is 0 Å². The Hall–Kier alpha value is -1.06. The van der Waals surface area contributed by atoms with E-state index in [1.54, 1.807) is 0 Å². The molecule has 1 saturated heterocycles. The number of benzene rings is 1. The topological polar surface area (TPSA) is 43.7 Å². The van der Waals surface area contributed by atoms with Crippen LogP contribution in [0.25, 0.3) is 0 Å². The van der Waals surface area contributed by atoms with Crippen LogP contribution >= 0.6 is 0 Å². The van der Waals surface area contributed by atoms with Crippen molar-refractivity contribution in [1.82, 2.24) is 0 Å². The zero-order chi connectivity index (χ0) is 13.5. The molecule has 0 amide bonds. The standard InChI is InChI=1S/C16H23NO2/c1-12-4-2-11-17(12)14-7-5-13(6-8-14)15(18)16(19)9-3-10-16/h5-8,12,15,18-19H,2-4,9-11H2,1H3. The van der Waals surface area contributed by atoms with E-state index in [1.165, 1.54) is 18.5 Å². The van der Waals surface area contributed by atoms with Gasteiger partial charge in [-0.1, -0.05) is 12.1 Å². The van der Waals surface area contributed by atoms with Crippen molar-refractivity contribution in [2.24, 2.45) is 0 Å². The zero-order valence-electron chi connectivity index (χ0n) is 11.5. The minimum atomic E-state index is -0.886. The summed E-state index contributed by atoms with van der Waals surface area (Å²) in [5.41, 5.74) is 1.17. The number of anilines is 1. The Morgan fingerprint density at radius 3 is 2.37 bits per heavy atom. The molecule has 19 heavy (non-hydrogen) atoms. The van der Waals surface area contributed by atoms with E-state index >= 15 is 0 Å². The number of hydrogen-bond donors (Lipinski definition) is 2. The third kappa shape index (κ3) is 2.26. The van der Waals surface area contributed by atoms with Crippen LogP contribution in [0.5, 0.6) is 0 Å². The number of nitrogens with zero attached hydrogens (tertiary/aromatic N) is 1. The highest BCUT2D eigenvalue weighted by atomic mass is 16.3. The van der Waals surface area contributed by atoms with Crippen molar-refractivity contribution in [2.75, 3.05) is 11.4 Å². The maximum Gasteiger partial charge on any atom is 0.108 e. The lowest BCUT2D eigenvalue weighted by Gasteiger charge is -2.40. The Balaban J connectivity index is 1.75. The second kappa shape index (κ2) is 4.80. The van der Waals surface area contributed by atoms with Crippen molar-refractivity contribution < 1.29 is 10.2 Å². The SMILES string of the molecule is CC1CCCN1c1ccc(C(O)C2(O)CCC2)cc1. The lowest BCUT2D eigenvalue weighted by atomic mass is 9.74. The molecule has 1 aromatic rings. The Morgan fingerprint density at radius 1 is 1.21 bits per heavy atom. The van der Waals surface area contributed by atoms with Crippen LogP contribution < -0.4 is 4.90 Å². The summed E-state index contributed by atoms with van der Waals surface area (Å²) in [6.45, 7) is 3.37. The average molecular weight is 261 g/mol. The maximum atomic E-state index is 10.2. The third-order valence-corrected chi connectivity index (χ3v) is 4.82. The molecule has 104 valence electrons. The summed E-state index contributed by atoms with van der Waals surface area (Å²) in [7, 11) is 0. The molecule has 1 saturated carbocycles. The predicted molar refractivity (Wildman–Crippen MR) is 76.2 cm³/mol. The van der Waals surface area contributed by atoms with Gasteiger partial charge in [-0.3, -0.25) is 0 Å². The summed E-state index contributed by atoms with van der Waals surface area (Å²) in [6, 6.07) is 8.67. The average Bonchev–Trinajstić information content (AvgIpc) is 2.81. The van der Waals surface area contributed by atoms with Crippen LogP contribution in [0.3, 0.4) is 0 Å². The van der Waals surface area contributed by atoms with Gasteiger partial charge >= 0.3 is 0 Å². The van der Waals surface area contributed by atoms with Gasteiger partial charge in [0.1, 0.15) is 6.10 Å². The number of rotatable bonds is 3. The summed E-state index contributed by atoms with van der Waals surface area (Å²) in [4.78, 5) is 2.41. The molecule has 1 aromatic carbocycles. The first-order valence-electron chi connectivity index (χ1n) is 7.37. The van der Waals surface area contributed by atoms with Gasteiger partial charge in [0, 0.05) is 18.3 Å². The minimum Gasteiger partial charge on any atom is -0.387 e. The monoisotopic (exact) mass is 261 g/mol. The molecule has 1 aliphatic carbocycles. The van der Waals surface area contributed by atoms with Gasteiger partial charge in [0.25, 0.3) is 0 Å². The molecule has 3 rings (SSSR count). The van der Waals surface area contributed by atoms with E-state index in [-0.39, 0.29) is 0 Å². The van der Waals surface area contributed by atoms with Crippen molar-refractivity contribution in [3.05, 3.63) is 29.8 Å². The summed E-state index contributed by atoms with van der Waals surface area (Å²) < 4.78 is 0. The number of hydrogen-bond acceptors (Lipinski definition) is 3. The molecule has 2 unspecified atom stereocenters. The van der Waals surface area contributed by atoms with E-state index in [1.807, 2.05) is 12.1 Å². The Kier molecular flexibility index (Phi) is 3.27. The summed E-state index contributed by atoms with van der Waals surface area (Å²) in [6.07, 6.45) is 4.19. The van der Waals surface area contributed by atoms with E-state index in [4.69, 9.17) is 0 Å². The van der Waals surface area contributed by atoms with E-state index in [2.05, 4.69) is 24.0 Å². The highest BCUT2D eigenvalue weighted by Gasteiger charge is 2.42. The van der Waals surface area contributed by atoms with Crippen LogP contribution in [0.2, 0.25) is 0 Å². The van der Waals surface area contributed by atoms with E-state index in [0.29, 0.717) is 18.9 Å². The molecule has 2 fully saturated rings. The Labute approximate surface area is 114 Å². The van der Waals surface area contributed by atoms with Gasteiger partial charge in [0.15, 0.2) is 0 Å². The van der Waals surface area contributed by atoms with Crippen LogP contribution in [0.1, 0.15) is 50.7 Å². The van der Waals surface area contributed by atoms with Crippen LogP contribution in [-0.2, 0) is 0 Å². The zero-order valence-corrected chi connectivity index (χ0v) is 11.5. The molecule has 0 radical (unpaired) electrons. The van der Waals surface area contributed by atoms with Crippen LogP contribution in [0.15, 0.2) is 24.3 Å². The first-order chi connectivity index (χ1) is 9.10. The second-order valence-electron chi connectivity index (χ2n) is 6.14. The fourth-order valence-corrected chi connectivity index (χ4v) is 3.29. The largest absolute Gasteiger partial charge is 0.387 e. The molecule has 3 heteroatoms. The van der Waals surface area contributed by atoms with Crippen LogP contribution in [0.4, 0.5) is 5.69 Å². The van der Waals surface area contributed by atoms with E-state index in [0.717, 1.165) is 18.5 Å². The lowest BCUT2D eigenvalue weighted by Crippen LogP contribution is -2.43. The molecule has 0 aromatic heterocycles. The van der Waals surface area contributed by atoms with Crippen LogP contribution in [0, 0.1) is 0 Å². The van der Waals surface area contributed by atoms with Crippen molar-refractivity contribution in [3.8, 4) is 0 Å². The van der Waals surface area contributed by atoms with Crippen molar-refractivity contribution in [2.45, 2.75) is 56.8 Å². The smallest absolute Gasteiger partial charge is 0.108 e. The normalized spacial score (nSPS) is 27.1. The summed E-state index contributed by atoms with van der Waals surface area (Å²) in [5, 5.41) is 20.4. The molecular weight excluding hydrogens is 238 g/mol. The maximum absolute atomic E-state index is 10.2. The quantitative estimate of drug-likeness (QED) is 0.879. The van der Waals surface area contributed by atoms with Crippen molar-refractivity contribution in [3.63, 3.8) is 0 Å². The van der Waals surface area contributed by atoms with Crippen molar-refractivity contribution >= 4 is 5.69 Å². The number of aliphatic hydroxyl groups is 2. The highest BCUT2D eigenvalue weighted by Crippen LogP contribution is 2.42. The molecule has 1 heterocycles. The molecule has 2 aliphatic rings. The third-order valence-electron chi connectivity index (χ3n) is 4.82. The van der Waals surface area contributed by atoms with Gasteiger partial charge in [-0.2, -0.15) is 0 Å². The molecule has 3 nitrogen and oxygen atoms in total. The fraction of sp³-hybridized carbons (Fsp3) is 0.625. The molecule has 2 N–H and O–H groups in total. The van der Waals surface area contributed by atoms with Gasteiger partial charge in [-0.15, -0.1) is 0 Å². The van der Waals surface area contributed by atoms with Gasteiger partial charge in [0.05, 0.1) is 5.60 Å². The van der Waals surface area contributed by atoms with Gasteiger partial charge in [-0.25, -0.2) is 0 Å². The number of aliphatic hydroxyl groups excluding tert-OH is 1. The molecule has 2 atom stereocenters.